The van der Waals surface area contributed by atoms with Crippen LogP contribution in [0.2, 0.25) is 10.0 Å². The van der Waals surface area contributed by atoms with Crippen LogP contribution in [0.1, 0.15) is 31.9 Å². The molecule has 0 fully saturated rings. The van der Waals surface area contributed by atoms with Crippen molar-refractivity contribution >= 4 is 23.2 Å². The highest BCUT2D eigenvalue weighted by molar-refractivity contribution is 6.32. The molecule has 2 aromatic rings. The lowest BCUT2D eigenvalue weighted by Gasteiger charge is -2.19. The van der Waals surface area contributed by atoms with Crippen molar-refractivity contribution in [2.24, 2.45) is 0 Å². The summed E-state index contributed by atoms with van der Waals surface area (Å²) in [6.07, 6.45) is 0. The molecule has 0 aliphatic heterocycles. The number of nitrogens with zero attached hydrogens (tertiary/aromatic N) is 1. The first-order valence-corrected chi connectivity index (χ1v) is 10.7. The quantitative estimate of drug-likeness (QED) is 0.437. The van der Waals surface area contributed by atoms with E-state index >= 15 is 0 Å². The van der Waals surface area contributed by atoms with Crippen LogP contribution in [0.4, 0.5) is 4.39 Å². The Labute approximate surface area is 182 Å². The van der Waals surface area contributed by atoms with Gasteiger partial charge in [0, 0.05) is 25.2 Å². The molecule has 2 aromatic carbocycles. The fourth-order valence-electron chi connectivity index (χ4n) is 2.95. The molecule has 0 spiro atoms. The Kier molecular flexibility index (Phi) is 10.0. The van der Waals surface area contributed by atoms with E-state index in [0.717, 1.165) is 31.7 Å². The van der Waals surface area contributed by atoms with Gasteiger partial charge in [-0.1, -0.05) is 43.1 Å². The summed E-state index contributed by atoms with van der Waals surface area (Å²) in [5.74, 6) is 0.508. The highest BCUT2D eigenvalue weighted by Crippen LogP contribution is 2.37. The number of ether oxygens (including phenoxy) is 2. The van der Waals surface area contributed by atoms with Crippen molar-refractivity contribution in [3.63, 3.8) is 0 Å². The first-order chi connectivity index (χ1) is 14.0. The van der Waals surface area contributed by atoms with Crippen LogP contribution in [-0.4, -0.2) is 37.7 Å². The molecule has 7 heteroatoms. The summed E-state index contributed by atoms with van der Waals surface area (Å²) in [6, 6.07) is 8.27. The van der Waals surface area contributed by atoms with Crippen LogP contribution < -0.4 is 14.8 Å². The molecule has 1 N–H and O–H groups in total. The Balaban J connectivity index is 2.07. The van der Waals surface area contributed by atoms with Crippen LogP contribution >= 0.6 is 23.2 Å². The molecule has 0 aliphatic rings. The molecular weight excluding hydrogens is 414 g/mol. The van der Waals surface area contributed by atoms with Crippen molar-refractivity contribution < 1.29 is 13.9 Å². The van der Waals surface area contributed by atoms with Crippen molar-refractivity contribution in [2.75, 3.05) is 32.8 Å². The summed E-state index contributed by atoms with van der Waals surface area (Å²) >= 11 is 12.5. The Bertz CT molecular complexity index is 765. The molecule has 0 aromatic heterocycles. The molecule has 160 valence electrons. The van der Waals surface area contributed by atoms with E-state index in [9.17, 15) is 4.39 Å². The topological polar surface area (TPSA) is 33.7 Å². The van der Waals surface area contributed by atoms with E-state index in [1.165, 1.54) is 6.07 Å². The molecule has 0 bridgehead atoms. The average molecular weight is 443 g/mol. The number of hydrogen-bond donors (Lipinski definition) is 1. The lowest BCUT2D eigenvalue weighted by Crippen LogP contribution is -2.31. The lowest BCUT2D eigenvalue weighted by molar-refractivity contribution is 0.265. The number of halogens is 3. The van der Waals surface area contributed by atoms with Gasteiger partial charge in [-0.25, -0.2) is 4.39 Å². The molecule has 0 saturated heterocycles. The first kappa shape index (κ1) is 23.7. The number of benzene rings is 2. The van der Waals surface area contributed by atoms with Crippen molar-refractivity contribution in [1.82, 2.24) is 10.2 Å². The third-order valence-electron chi connectivity index (χ3n) is 4.62. The van der Waals surface area contributed by atoms with E-state index in [4.69, 9.17) is 32.7 Å². The van der Waals surface area contributed by atoms with Crippen LogP contribution in [0.25, 0.3) is 0 Å². The van der Waals surface area contributed by atoms with Gasteiger partial charge in [0.1, 0.15) is 12.4 Å². The Morgan fingerprint density at radius 1 is 1.03 bits per heavy atom. The van der Waals surface area contributed by atoms with E-state index < -0.39 is 5.82 Å². The summed E-state index contributed by atoms with van der Waals surface area (Å²) < 4.78 is 25.5. The van der Waals surface area contributed by atoms with Gasteiger partial charge in [0.25, 0.3) is 0 Å². The van der Waals surface area contributed by atoms with Crippen LogP contribution in [0.5, 0.6) is 11.5 Å². The number of rotatable bonds is 12. The number of hydrogen-bond acceptors (Lipinski definition) is 4. The SMILES string of the molecule is CCOc1cc(CNCCN(CC)CC)cc(Cl)c1OCc1c(F)cccc1Cl. The number of likely N-dealkylation sites (N-methyl/N-ethyl adjacent to an activating group) is 1. The van der Waals surface area contributed by atoms with Crippen molar-refractivity contribution in [1.29, 1.82) is 0 Å². The highest BCUT2D eigenvalue weighted by Gasteiger charge is 2.15. The van der Waals surface area contributed by atoms with Crippen LogP contribution in [-0.2, 0) is 13.2 Å². The third-order valence-corrected chi connectivity index (χ3v) is 5.25. The maximum Gasteiger partial charge on any atom is 0.180 e. The maximum absolute atomic E-state index is 14.0. The number of nitrogens with one attached hydrogen (secondary N) is 1. The van der Waals surface area contributed by atoms with Gasteiger partial charge in [-0.2, -0.15) is 0 Å². The van der Waals surface area contributed by atoms with Crippen molar-refractivity contribution in [2.45, 2.75) is 33.9 Å². The van der Waals surface area contributed by atoms with E-state index in [0.29, 0.717) is 34.7 Å². The lowest BCUT2D eigenvalue weighted by atomic mass is 10.2. The van der Waals surface area contributed by atoms with Gasteiger partial charge in [-0.05, 0) is 49.8 Å². The van der Waals surface area contributed by atoms with Crippen molar-refractivity contribution in [3.05, 3.63) is 57.3 Å². The van der Waals surface area contributed by atoms with E-state index in [1.54, 1.807) is 12.1 Å². The molecule has 0 atom stereocenters. The fraction of sp³-hybridized carbons (Fsp3) is 0.455. The van der Waals surface area contributed by atoms with Crippen molar-refractivity contribution in [3.8, 4) is 11.5 Å². The summed E-state index contributed by atoms with van der Waals surface area (Å²) in [4.78, 5) is 2.36. The minimum absolute atomic E-state index is 0.0350. The normalized spacial score (nSPS) is 11.1. The van der Waals surface area contributed by atoms with Crippen LogP contribution in [0.3, 0.4) is 0 Å². The summed E-state index contributed by atoms with van der Waals surface area (Å²) in [5, 5.41) is 4.16. The standard InChI is InChI=1S/C22H29Cl2FN2O2/c1-4-27(5-2)11-10-26-14-16-12-19(24)22(21(13-16)28-6-3)29-15-17-18(23)8-7-9-20(17)25/h7-9,12-13,26H,4-6,10-11,14-15H2,1-3H3. The molecule has 0 amide bonds. The van der Waals surface area contributed by atoms with Gasteiger partial charge in [0.2, 0.25) is 0 Å². The summed E-state index contributed by atoms with van der Waals surface area (Å²) in [6.45, 7) is 11.2. The van der Waals surface area contributed by atoms with Gasteiger partial charge in [-0.15, -0.1) is 0 Å². The second-order valence-electron chi connectivity index (χ2n) is 6.53. The van der Waals surface area contributed by atoms with Crippen LogP contribution in [0.15, 0.2) is 30.3 Å². The van der Waals surface area contributed by atoms with Gasteiger partial charge in [0.05, 0.1) is 16.7 Å². The van der Waals surface area contributed by atoms with E-state index in [-0.39, 0.29) is 12.2 Å². The monoisotopic (exact) mass is 442 g/mol. The second kappa shape index (κ2) is 12.2. The second-order valence-corrected chi connectivity index (χ2v) is 7.34. The molecule has 4 nitrogen and oxygen atoms in total. The largest absolute Gasteiger partial charge is 0.490 e. The first-order valence-electron chi connectivity index (χ1n) is 9.94. The molecule has 29 heavy (non-hydrogen) atoms. The zero-order valence-corrected chi connectivity index (χ0v) is 18.7. The predicted octanol–water partition coefficient (Wildman–Crippen LogP) is 5.54. The van der Waals surface area contributed by atoms with Gasteiger partial charge < -0.3 is 19.7 Å². The molecule has 0 heterocycles. The predicted molar refractivity (Wildman–Crippen MR) is 118 cm³/mol. The Hall–Kier alpha value is -1.53. The van der Waals surface area contributed by atoms with Gasteiger partial charge >= 0.3 is 0 Å². The maximum atomic E-state index is 14.0. The Morgan fingerprint density at radius 3 is 2.45 bits per heavy atom. The molecule has 0 aliphatic carbocycles. The molecule has 2 rings (SSSR count). The smallest absolute Gasteiger partial charge is 0.180 e. The molecular formula is C22H29Cl2FN2O2. The molecule has 0 unspecified atom stereocenters. The minimum Gasteiger partial charge on any atom is -0.490 e. The Morgan fingerprint density at radius 2 is 1.79 bits per heavy atom. The van der Waals surface area contributed by atoms with Crippen LogP contribution in [0, 0.1) is 5.82 Å². The average Bonchev–Trinajstić information content (AvgIpc) is 2.69. The molecule has 0 saturated carbocycles. The van der Waals surface area contributed by atoms with E-state index in [2.05, 4.69) is 24.1 Å². The zero-order valence-electron chi connectivity index (χ0n) is 17.2. The highest BCUT2D eigenvalue weighted by atomic mass is 35.5. The summed E-state index contributed by atoms with van der Waals surface area (Å²) in [5.41, 5.74) is 1.28. The minimum atomic E-state index is -0.416. The fourth-order valence-corrected chi connectivity index (χ4v) is 3.46. The summed E-state index contributed by atoms with van der Waals surface area (Å²) in [7, 11) is 0. The third kappa shape index (κ3) is 7.03. The van der Waals surface area contributed by atoms with E-state index in [1.807, 2.05) is 19.1 Å². The van der Waals surface area contributed by atoms with Gasteiger partial charge in [-0.3, -0.25) is 0 Å². The molecule has 0 radical (unpaired) electrons. The van der Waals surface area contributed by atoms with Gasteiger partial charge in [0.15, 0.2) is 11.5 Å². The zero-order chi connectivity index (χ0) is 21.2.